The van der Waals surface area contributed by atoms with Crippen LogP contribution in [0.25, 0.3) is 27.9 Å². The number of piperazine rings is 1. The van der Waals surface area contributed by atoms with Crippen molar-refractivity contribution in [2.45, 2.75) is 37.5 Å². The number of nitrogens with one attached hydrogen (secondary N) is 2. The molecule has 0 radical (unpaired) electrons. The van der Waals surface area contributed by atoms with Crippen molar-refractivity contribution in [3.05, 3.63) is 60.2 Å². The molecule has 3 fully saturated rings. The van der Waals surface area contributed by atoms with Gasteiger partial charge in [0.15, 0.2) is 11.5 Å². The van der Waals surface area contributed by atoms with Gasteiger partial charge in [-0.25, -0.2) is 19.5 Å². The molecule has 2 aliphatic carbocycles. The summed E-state index contributed by atoms with van der Waals surface area (Å²) >= 11 is 0. The van der Waals surface area contributed by atoms with Crippen LogP contribution >= 0.6 is 0 Å². The zero-order valence-electron chi connectivity index (χ0n) is 21.0. The van der Waals surface area contributed by atoms with E-state index in [4.69, 9.17) is 9.97 Å². The highest BCUT2D eigenvalue weighted by atomic mass is 15.3. The van der Waals surface area contributed by atoms with Crippen LogP contribution in [0, 0.1) is 0 Å². The first-order chi connectivity index (χ1) is 18.8. The van der Waals surface area contributed by atoms with E-state index in [0.717, 1.165) is 54.1 Å². The Morgan fingerprint density at radius 1 is 0.921 bits per heavy atom. The molecular weight excluding hydrogens is 476 g/mol. The molecule has 10 heteroatoms. The summed E-state index contributed by atoms with van der Waals surface area (Å²) < 4.78 is 1.80. The Morgan fingerprint density at radius 2 is 1.79 bits per heavy atom. The van der Waals surface area contributed by atoms with Crippen LogP contribution in [0.15, 0.2) is 49.1 Å². The molecule has 5 aromatic heterocycles. The predicted molar refractivity (Wildman–Crippen MR) is 146 cm³/mol. The van der Waals surface area contributed by atoms with Gasteiger partial charge in [0.1, 0.15) is 11.6 Å². The summed E-state index contributed by atoms with van der Waals surface area (Å²) in [6, 6.07) is 8.18. The van der Waals surface area contributed by atoms with Crippen molar-refractivity contribution in [1.82, 2.24) is 39.9 Å². The van der Waals surface area contributed by atoms with Crippen molar-refractivity contribution >= 4 is 34.1 Å². The first-order valence-electron chi connectivity index (χ1n) is 13.5. The van der Waals surface area contributed by atoms with Gasteiger partial charge in [-0.15, -0.1) is 5.10 Å². The van der Waals surface area contributed by atoms with Crippen LogP contribution in [0.2, 0.25) is 0 Å². The molecule has 0 bridgehead atoms. The van der Waals surface area contributed by atoms with Crippen molar-refractivity contribution in [3.8, 4) is 11.4 Å². The topological polar surface area (TPSA) is 109 Å². The van der Waals surface area contributed by atoms with Gasteiger partial charge in [0, 0.05) is 55.7 Å². The minimum atomic E-state index is 0.516. The first-order valence-corrected chi connectivity index (χ1v) is 13.5. The Bertz CT molecular complexity index is 1660. The van der Waals surface area contributed by atoms with E-state index in [2.05, 4.69) is 47.7 Å². The van der Waals surface area contributed by atoms with Gasteiger partial charge in [-0.1, -0.05) is 0 Å². The SMILES string of the molecule is c1cc(-c2nc(N3CCNCC3)c3c(C4CC4)cncc3n2)cc(Nc2nc3cc(C4CC4)ccn3n2)n1. The van der Waals surface area contributed by atoms with Gasteiger partial charge in [-0.2, -0.15) is 4.98 Å². The maximum atomic E-state index is 5.15. The lowest BCUT2D eigenvalue weighted by atomic mass is 10.1. The summed E-state index contributed by atoms with van der Waals surface area (Å²) in [6.07, 6.45) is 12.6. The number of fused-ring (bicyclic) bond motifs is 2. The molecule has 6 heterocycles. The minimum Gasteiger partial charge on any atom is -0.353 e. The summed E-state index contributed by atoms with van der Waals surface area (Å²) in [5, 5.41) is 12.5. The number of hydrogen-bond acceptors (Lipinski definition) is 9. The summed E-state index contributed by atoms with van der Waals surface area (Å²) in [5.74, 6) is 4.09. The number of anilines is 3. The van der Waals surface area contributed by atoms with Gasteiger partial charge in [0.05, 0.1) is 11.7 Å². The van der Waals surface area contributed by atoms with E-state index in [0.29, 0.717) is 29.4 Å². The van der Waals surface area contributed by atoms with Gasteiger partial charge >= 0.3 is 0 Å². The third-order valence-electron chi connectivity index (χ3n) is 7.72. The highest BCUT2D eigenvalue weighted by Crippen LogP contribution is 2.45. The number of pyridine rings is 3. The molecule has 190 valence electrons. The second kappa shape index (κ2) is 8.70. The Morgan fingerprint density at radius 3 is 2.63 bits per heavy atom. The first kappa shape index (κ1) is 21.9. The Balaban J connectivity index is 1.16. The van der Waals surface area contributed by atoms with E-state index >= 15 is 0 Å². The molecule has 1 aliphatic heterocycles. The molecule has 0 atom stereocenters. The van der Waals surface area contributed by atoms with Crippen LogP contribution in [-0.4, -0.2) is 60.7 Å². The fourth-order valence-electron chi connectivity index (χ4n) is 5.40. The predicted octanol–water partition coefficient (Wildman–Crippen LogP) is 4.04. The molecule has 3 aliphatic rings. The molecule has 8 rings (SSSR count). The lowest BCUT2D eigenvalue weighted by Gasteiger charge is -2.30. The standard InChI is InChI=1S/C28H28N10/c1-2-17(1)19-6-10-38-24(14-19)34-28(36-38)33-23-13-20(5-7-31-23)26-32-22-16-30-15-21(18-3-4-18)25(22)27(35-26)37-11-8-29-9-12-37/h5-7,10,13-18,29H,1-4,8-9,11-12H2,(H,31,33,36). The maximum absolute atomic E-state index is 5.15. The van der Waals surface area contributed by atoms with Crippen molar-refractivity contribution in [1.29, 1.82) is 0 Å². The van der Waals surface area contributed by atoms with E-state index < -0.39 is 0 Å². The number of rotatable bonds is 6. The fraction of sp³-hybridized carbons (Fsp3) is 0.357. The van der Waals surface area contributed by atoms with E-state index in [1.165, 1.54) is 36.8 Å². The second-order valence-electron chi connectivity index (χ2n) is 10.5. The summed E-state index contributed by atoms with van der Waals surface area (Å²) in [4.78, 5) is 26.3. The van der Waals surface area contributed by atoms with E-state index in [1.54, 1.807) is 10.7 Å². The van der Waals surface area contributed by atoms with Crippen molar-refractivity contribution in [3.63, 3.8) is 0 Å². The van der Waals surface area contributed by atoms with Crippen LogP contribution in [-0.2, 0) is 0 Å². The Kier molecular flexibility index (Phi) is 5.00. The lowest BCUT2D eigenvalue weighted by molar-refractivity contribution is 0.586. The maximum Gasteiger partial charge on any atom is 0.248 e. The Labute approximate surface area is 219 Å². The lowest BCUT2D eigenvalue weighted by Crippen LogP contribution is -2.44. The third kappa shape index (κ3) is 4.01. The third-order valence-corrected chi connectivity index (χ3v) is 7.72. The van der Waals surface area contributed by atoms with Crippen LogP contribution < -0.4 is 15.5 Å². The van der Waals surface area contributed by atoms with E-state index in [1.807, 2.05) is 30.7 Å². The molecule has 2 saturated carbocycles. The molecule has 5 aromatic rings. The largest absolute Gasteiger partial charge is 0.353 e. The zero-order valence-corrected chi connectivity index (χ0v) is 21.0. The van der Waals surface area contributed by atoms with Gasteiger partial charge in [-0.3, -0.25) is 4.98 Å². The number of nitrogens with zero attached hydrogens (tertiary/aromatic N) is 8. The monoisotopic (exact) mass is 504 g/mol. The van der Waals surface area contributed by atoms with Gasteiger partial charge in [0.25, 0.3) is 0 Å². The van der Waals surface area contributed by atoms with Crippen molar-refractivity contribution in [2.24, 2.45) is 0 Å². The molecule has 10 nitrogen and oxygen atoms in total. The summed E-state index contributed by atoms with van der Waals surface area (Å²) in [5.41, 5.74) is 5.24. The quantitative estimate of drug-likeness (QED) is 0.354. The normalized spacial score (nSPS) is 17.8. The average Bonchev–Trinajstić information content (AvgIpc) is 3.89. The summed E-state index contributed by atoms with van der Waals surface area (Å²) in [7, 11) is 0. The fourth-order valence-corrected chi connectivity index (χ4v) is 5.40. The second-order valence-corrected chi connectivity index (χ2v) is 10.5. The van der Waals surface area contributed by atoms with Crippen LogP contribution in [0.5, 0.6) is 0 Å². The highest BCUT2D eigenvalue weighted by Gasteiger charge is 2.29. The summed E-state index contributed by atoms with van der Waals surface area (Å²) in [6.45, 7) is 3.73. The van der Waals surface area contributed by atoms with Gasteiger partial charge < -0.3 is 15.5 Å². The van der Waals surface area contributed by atoms with E-state index in [-0.39, 0.29) is 0 Å². The molecule has 0 amide bonds. The van der Waals surface area contributed by atoms with Crippen molar-refractivity contribution in [2.75, 3.05) is 36.4 Å². The Hall–Kier alpha value is -4.18. The average molecular weight is 505 g/mol. The molecule has 38 heavy (non-hydrogen) atoms. The molecule has 2 N–H and O–H groups in total. The number of hydrogen-bond donors (Lipinski definition) is 2. The zero-order chi connectivity index (χ0) is 25.1. The molecule has 0 aromatic carbocycles. The van der Waals surface area contributed by atoms with Gasteiger partial charge in [-0.05, 0) is 72.9 Å². The van der Waals surface area contributed by atoms with Crippen LogP contribution in [0.3, 0.4) is 0 Å². The van der Waals surface area contributed by atoms with Crippen LogP contribution in [0.1, 0.15) is 48.6 Å². The molecular formula is C28H28N10. The number of aromatic nitrogens is 7. The van der Waals surface area contributed by atoms with Gasteiger partial charge in [0.2, 0.25) is 5.95 Å². The van der Waals surface area contributed by atoms with Crippen molar-refractivity contribution < 1.29 is 0 Å². The highest BCUT2D eigenvalue weighted by molar-refractivity contribution is 5.94. The molecule has 1 saturated heterocycles. The van der Waals surface area contributed by atoms with Crippen LogP contribution in [0.4, 0.5) is 17.6 Å². The minimum absolute atomic E-state index is 0.516. The molecule has 0 spiro atoms. The molecule has 0 unspecified atom stereocenters. The smallest absolute Gasteiger partial charge is 0.248 e. The van der Waals surface area contributed by atoms with E-state index in [9.17, 15) is 0 Å².